The van der Waals surface area contributed by atoms with Gasteiger partial charge in [-0.15, -0.1) is 0 Å². The number of fused-ring (bicyclic) bond motifs is 2. The van der Waals surface area contributed by atoms with Crippen LogP contribution in [0.1, 0.15) is 34.6 Å². The number of aromatic nitrogens is 2. The Hall–Kier alpha value is -2.45. The summed E-state index contributed by atoms with van der Waals surface area (Å²) >= 11 is 4.62. The summed E-state index contributed by atoms with van der Waals surface area (Å²) in [6.07, 6.45) is 0. The lowest BCUT2D eigenvalue weighted by Gasteiger charge is -2.17. The smallest absolute Gasteiger partial charge is 0.262 e. The van der Waals surface area contributed by atoms with Crippen molar-refractivity contribution in [1.29, 1.82) is 0 Å². The van der Waals surface area contributed by atoms with Crippen LogP contribution in [0.5, 0.6) is 0 Å². The third kappa shape index (κ3) is 3.62. The Morgan fingerprint density at radius 3 is 2.31 bits per heavy atom. The van der Waals surface area contributed by atoms with Gasteiger partial charge in [0.15, 0.2) is 5.16 Å². The number of hydrogen-bond acceptors (Lipinski definition) is 5. The topological polar surface area (TPSA) is 72.3 Å². The molecule has 29 heavy (non-hydrogen) atoms. The molecule has 4 rings (SSSR count). The molecule has 3 aromatic rings. The molecule has 0 unspecified atom stereocenters. The molecule has 2 heterocycles. The summed E-state index contributed by atoms with van der Waals surface area (Å²) in [5.74, 6) is -0.308. The summed E-state index contributed by atoms with van der Waals surface area (Å²) in [5.41, 5.74) is 1.28. The molecule has 0 aliphatic carbocycles. The number of hydrogen-bond donors (Lipinski definition) is 0. The summed E-state index contributed by atoms with van der Waals surface area (Å²) in [6.45, 7) is 4.55. The van der Waals surface area contributed by atoms with E-state index in [0.29, 0.717) is 33.7 Å². The van der Waals surface area contributed by atoms with E-state index in [1.54, 1.807) is 41.0 Å². The fraction of sp³-hybridized carbons (Fsp3) is 0.238. The summed E-state index contributed by atoms with van der Waals surface area (Å²) < 4.78 is 2.44. The van der Waals surface area contributed by atoms with Crippen molar-refractivity contribution < 1.29 is 9.59 Å². The van der Waals surface area contributed by atoms with Crippen molar-refractivity contribution in [2.45, 2.75) is 25.5 Å². The van der Waals surface area contributed by atoms with E-state index < -0.39 is 0 Å². The van der Waals surface area contributed by atoms with Gasteiger partial charge in [-0.3, -0.25) is 23.9 Å². The van der Waals surface area contributed by atoms with Crippen molar-refractivity contribution in [3.63, 3.8) is 0 Å². The van der Waals surface area contributed by atoms with Crippen LogP contribution in [0.25, 0.3) is 10.9 Å². The zero-order valence-electron chi connectivity index (χ0n) is 15.9. The number of carbonyl (C=O) groups excluding carboxylic acids is 2. The minimum atomic E-state index is -0.319. The van der Waals surface area contributed by atoms with Gasteiger partial charge in [-0.1, -0.05) is 53.7 Å². The molecule has 2 aromatic carbocycles. The quantitative estimate of drug-likeness (QED) is 0.317. The first-order valence-corrected chi connectivity index (χ1v) is 10.9. The fourth-order valence-electron chi connectivity index (χ4n) is 3.29. The molecule has 0 N–H and O–H groups in total. The molecule has 0 fully saturated rings. The molecule has 1 aliphatic heterocycles. The number of thioether (sulfide) groups is 1. The lowest BCUT2D eigenvalue weighted by atomic mass is 10.1. The van der Waals surface area contributed by atoms with E-state index in [4.69, 9.17) is 0 Å². The SMILES string of the molecule is CC(C)Cn1c(SCN2C(=O)c3ccccc3C2=O)nc2ccc(Br)cc2c1=O. The van der Waals surface area contributed by atoms with E-state index in [1.165, 1.54) is 16.7 Å². The average molecular weight is 472 g/mol. The molecule has 1 aliphatic rings. The van der Waals surface area contributed by atoms with Crippen LogP contribution in [0.15, 0.2) is 56.9 Å². The molecule has 2 amide bonds. The number of benzene rings is 2. The maximum Gasteiger partial charge on any atom is 0.262 e. The summed E-state index contributed by atoms with van der Waals surface area (Å²) in [6, 6.07) is 12.2. The van der Waals surface area contributed by atoms with Crippen LogP contribution in [-0.2, 0) is 6.54 Å². The maximum absolute atomic E-state index is 13.1. The van der Waals surface area contributed by atoms with Gasteiger partial charge in [-0.25, -0.2) is 4.98 Å². The fourth-order valence-corrected chi connectivity index (χ4v) is 4.60. The van der Waals surface area contributed by atoms with Crippen LogP contribution in [0.2, 0.25) is 0 Å². The molecule has 0 radical (unpaired) electrons. The van der Waals surface area contributed by atoms with Gasteiger partial charge in [0.25, 0.3) is 17.4 Å². The van der Waals surface area contributed by atoms with Gasteiger partial charge >= 0.3 is 0 Å². The molecule has 148 valence electrons. The molecule has 0 bridgehead atoms. The second kappa shape index (κ2) is 7.76. The predicted molar refractivity (Wildman–Crippen MR) is 116 cm³/mol. The highest BCUT2D eigenvalue weighted by Gasteiger charge is 2.35. The van der Waals surface area contributed by atoms with Gasteiger partial charge in [-0.05, 0) is 36.2 Å². The number of amides is 2. The van der Waals surface area contributed by atoms with E-state index in [-0.39, 0.29) is 29.2 Å². The Bertz CT molecular complexity index is 1170. The molecule has 0 atom stereocenters. The molecule has 0 saturated heterocycles. The molecular weight excluding hydrogens is 454 g/mol. The number of halogens is 1. The van der Waals surface area contributed by atoms with Crippen molar-refractivity contribution in [1.82, 2.24) is 14.5 Å². The van der Waals surface area contributed by atoms with Crippen molar-refractivity contribution in [3.05, 3.63) is 68.4 Å². The van der Waals surface area contributed by atoms with Gasteiger partial charge in [0.05, 0.1) is 27.9 Å². The Labute approximate surface area is 180 Å². The number of nitrogens with zero attached hydrogens (tertiary/aromatic N) is 3. The van der Waals surface area contributed by atoms with Crippen molar-refractivity contribution >= 4 is 50.4 Å². The first-order valence-electron chi connectivity index (χ1n) is 9.15. The molecule has 6 nitrogen and oxygen atoms in total. The second-order valence-electron chi connectivity index (χ2n) is 7.22. The minimum absolute atomic E-state index is 0.0961. The van der Waals surface area contributed by atoms with E-state index in [2.05, 4.69) is 20.9 Å². The lowest BCUT2D eigenvalue weighted by Crippen LogP contribution is -2.30. The lowest BCUT2D eigenvalue weighted by molar-refractivity contribution is 0.0684. The van der Waals surface area contributed by atoms with E-state index in [9.17, 15) is 14.4 Å². The van der Waals surface area contributed by atoms with Crippen LogP contribution in [-0.4, -0.2) is 32.1 Å². The Morgan fingerprint density at radius 2 is 1.69 bits per heavy atom. The third-order valence-corrected chi connectivity index (χ3v) is 6.08. The number of carbonyl (C=O) groups is 2. The van der Waals surface area contributed by atoms with Crippen LogP contribution in [0.4, 0.5) is 0 Å². The molecule has 1 aromatic heterocycles. The zero-order chi connectivity index (χ0) is 20.7. The van der Waals surface area contributed by atoms with Gasteiger partial charge in [0.2, 0.25) is 0 Å². The molecule has 8 heteroatoms. The van der Waals surface area contributed by atoms with Crippen molar-refractivity contribution in [3.8, 4) is 0 Å². The van der Waals surface area contributed by atoms with Crippen LogP contribution >= 0.6 is 27.7 Å². The monoisotopic (exact) mass is 471 g/mol. The summed E-state index contributed by atoms with van der Waals surface area (Å²) in [7, 11) is 0. The normalized spacial score (nSPS) is 13.6. The Balaban J connectivity index is 1.69. The van der Waals surface area contributed by atoms with Crippen LogP contribution in [0, 0.1) is 5.92 Å². The number of rotatable bonds is 5. The number of imide groups is 1. The standard InChI is InChI=1S/C21H18BrN3O3S/c1-12(2)10-24-20(28)16-9-13(22)7-8-17(16)23-21(24)29-11-25-18(26)14-5-3-4-6-15(14)19(25)27/h3-9,12H,10-11H2,1-2H3. The highest BCUT2D eigenvalue weighted by molar-refractivity contribution is 9.10. The molecular formula is C21H18BrN3O3S. The predicted octanol–water partition coefficient (Wildman–Crippen LogP) is 4.16. The highest BCUT2D eigenvalue weighted by Crippen LogP contribution is 2.27. The largest absolute Gasteiger partial charge is 0.287 e. The summed E-state index contributed by atoms with van der Waals surface area (Å²) in [5, 5.41) is 1.03. The third-order valence-electron chi connectivity index (χ3n) is 4.63. The Kier molecular flexibility index (Phi) is 5.31. The van der Waals surface area contributed by atoms with Crippen molar-refractivity contribution in [2.24, 2.45) is 5.92 Å². The van der Waals surface area contributed by atoms with E-state index in [0.717, 1.165) is 4.47 Å². The first-order chi connectivity index (χ1) is 13.9. The van der Waals surface area contributed by atoms with E-state index >= 15 is 0 Å². The van der Waals surface area contributed by atoms with Crippen molar-refractivity contribution in [2.75, 3.05) is 5.88 Å². The van der Waals surface area contributed by atoms with Crippen LogP contribution < -0.4 is 5.56 Å². The van der Waals surface area contributed by atoms with E-state index in [1.807, 2.05) is 19.9 Å². The van der Waals surface area contributed by atoms with Gasteiger partial charge in [0.1, 0.15) is 0 Å². The zero-order valence-corrected chi connectivity index (χ0v) is 18.3. The van der Waals surface area contributed by atoms with Crippen LogP contribution in [0.3, 0.4) is 0 Å². The summed E-state index contributed by atoms with van der Waals surface area (Å²) in [4.78, 5) is 44.1. The molecule has 0 spiro atoms. The highest BCUT2D eigenvalue weighted by atomic mass is 79.9. The van der Waals surface area contributed by atoms with Gasteiger partial charge < -0.3 is 0 Å². The average Bonchev–Trinajstić information content (AvgIpc) is 2.94. The maximum atomic E-state index is 13.1. The van der Waals surface area contributed by atoms with Gasteiger partial charge in [-0.2, -0.15) is 0 Å². The molecule has 0 saturated carbocycles. The first kappa shape index (κ1) is 19.8. The van der Waals surface area contributed by atoms with Gasteiger partial charge in [0, 0.05) is 11.0 Å². The Morgan fingerprint density at radius 1 is 1.03 bits per heavy atom. The second-order valence-corrected chi connectivity index (χ2v) is 9.05. The minimum Gasteiger partial charge on any atom is -0.287 e.